The molecule has 0 aliphatic carbocycles. The first-order valence-corrected chi connectivity index (χ1v) is 6.36. The lowest BCUT2D eigenvalue weighted by atomic mass is 10.1. The van der Waals surface area contributed by atoms with Crippen molar-refractivity contribution in [2.45, 2.75) is 19.0 Å². The Labute approximate surface area is 112 Å². The molecule has 1 unspecified atom stereocenters. The van der Waals surface area contributed by atoms with Gasteiger partial charge in [-0.3, -0.25) is 4.98 Å². The van der Waals surface area contributed by atoms with Crippen molar-refractivity contribution in [3.63, 3.8) is 0 Å². The van der Waals surface area contributed by atoms with Crippen LogP contribution < -0.4 is 10.1 Å². The Morgan fingerprint density at radius 1 is 1.42 bits per heavy atom. The smallest absolute Gasteiger partial charge is 0.127 e. The van der Waals surface area contributed by atoms with Crippen LogP contribution in [0.4, 0.5) is 0 Å². The normalized spacial score (nSPS) is 18.7. The van der Waals surface area contributed by atoms with Crippen LogP contribution in [0.2, 0.25) is 0 Å². The second-order valence-electron chi connectivity index (χ2n) is 4.76. The summed E-state index contributed by atoms with van der Waals surface area (Å²) in [5.74, 6) is 0.996. The van der Waals surface area contributed by atoms with Crippen molar-refractivity contribution in [3.8, 4) is 11.5 Å². The maximum absolute atomic E-state index is 9.43. The van der Waals surface area contributed by atoms with E-state index in [-0.39, 0.29) is 17.8 Å². The number of hydrogen-bond donors (Lipinski definition) is 2. The molecule has 2 N–H and O–H groups in total. The predicted molar refractivity (Wildman–Crippen MR) is 72.1 cm³/mol. The molecule has 4 heteroatoms. The molecule has 1 aromatic carbocycles. The van der Waals surface area contributed by atoms with Gasteiger partial charge in [0.25, 0.3) is 0 Å². The molecule has 0 radical (unpaired) electrons. The number of benzene rings is 1. The highest BCUT2D eigenvalue weighted by atomic mass is 16.5. The van der Waals surface area contributed by atoms with Gasteiger partial charge < -0.3 is 15.2 Å². The van der Waals surface area contributed by atoms with Gasteiger partial charge in [0.05, 0.1) is 6.04 Å². The summed E-state index contributed by atoms with van der Waals surface area (Å²) in [5, 5.41) is 13.0. The molecule has 1 aliphatic rings. The average molecular weight is 256 g/mol. The van der Waals surface area contributed by atoms with Gasteiger partial charge in [0.15, 0.2) is 0 Å². The van der Waals surface area contributed by atoms with Crippen LogP contribution in [0.1, 0.15) is 30.1 Å². The lowest BCUT2D eigenvalue weighted by molar-refractivity contribution is 0.300. The number of phenolic OH excluding ortho intramolecular Hbond substituents is 1. The molecule has 0 fully saturated rings. The Morgan fingerprint density at radius 3 is 3.11 bits per heavy atom. The van der Waals surface area contributed by atoms with Crippen LogP contribution in [0.5, 0.6) is 11.5 Å². The van der Waals surface area contributed by atoms with Crippen LogP contribution in [-0.4, -0.2) is 16.7 Å². The maximum Gasteiger partial charge on any atom is 0.127 e. The lowest BCUT2D eigenvalue weighted by Crippen LogP contribution is -2.25. The Hall–Kier alpha value is -2.07. The summed E-state index contributed by atoms with van der Waals surface area (Å²) in [5.41, 5.74) is 2.24. The molecule has 2 heterocycles. The Bertz CT molecular complexity index is 572. The van der Waals surface area contributed by atoms with Crippen LogP contribution in [0.25, 0.3) is 0 Å². The van der Waals surface area contributed by atoms with Crippen LogP contribution in [0, 0.1) is 0 Å². The van der Waals surface area contributed by atoms with E-state index in [2.05, 4.69) is 23.3 Å². The molecule has 3 rings (SSSR count). The lowest BCUT2D eigenvalue weighted by Gasteiger charge is -2.18. The monoisotopic (exact) mass is 256 g/mol. The summed E-state index contributed by atoms with van der Waals surface area (Å²) < 4.78 is 5.59. The molecule has 4 nitrogen and oxygen atoms in total. The number of nitrogens with zero attached hydrogens (tertiary/aromatic N) is 1. The van der Waals surface area contributed by atoms with E-state index in [0.29, 0.717) is 6.61 Å². The first kappa shape index (κ1) is 12.0. The standard InChI is InChI=1S/C15H16N2O2/c1-10(11-3-2-6-16-8-11)17-14-9-19-15-7-12(18)4-5-13(14)15/h2-8,10,14,17-18H,9H2,1H3/t10-,14?/m0/s1. The molecule has 19 heavy (non-hydrogen) atoms. The highest BCUT2D eigenvalue weighted by Gasteiger charge is 2.25. The Morgan fingerprint density at radius 2 is 2.32 bits per heavy atom. The molecule has 98 valence electrons. The molecule has 0 saturated heterocycles. The highest BCUT2D eigenvalue weighted by Crippen LogP contribution is 2.35. The molecule has 1 aliphatic heterocycles. The fourth-order valence-corrected chi connectivity index (χ4v) is 2.37. The van der Waals surface area contributed by atoms with Crippen molar-refractivity contribution in [3.05, 3.63) is 53.9 Å². The number of pyridine rings is 1. The summed E-state index contributed by atoms with van der Waals surface area (Å²) in [6.45, 7) is 2.69. The SMILES string of the molecule is C[C@H](NC1COc2cc(O)ccc21)c1cccnc1. The first-order chi connectivity index (χ1) is 9.24. The molecule has 2 atom stereocenters. The Kier molecular flexibility index (Phi) is 3.09. The molecule has 1 aromatic heterocycles. The highest BCUT2D eigenvalue weighted by molar-refractivity contribution is 5.44. The third kappa shape index (κ3) is 2.39. The van der Waals surface area contributed by atoms with Gasteiger partial charge in [0, 0.05) is 30.1 Å². The number of aromatic hydroxyl groups is 1. The fourth-order valence-electron chi connectivity index (χ4n) is 2.37. The van der Waals surface area contributed by atoms with Crippen LogP contribution in [0.15, 0.2) is 42.7 Å². The van der Waals surface area contributed by atoms with Gasteiger partial charge in [-0.1, -0.05) is 6.07 Å². The number of aromatic nitrogens is 1. The maximum atomic E-state index is 9.43. The van der Waals surface area contributed by atoms with Crippen molar-refractivity contribution < 1.29 is 9.84 Å². The van der Waals surface area contributed by atoms with Crippen LogP contribution in [0.3, 0.4) is 0 Å². The second kappa shape index (κ2) is 4.90. The van der Waals surface area contributed by atoms with E-state index in [1.165, 1.54) is 0 Å². The molecule has 0 amide bonds. The zero-order chi connectivity index (χ0) is 13.2. The van der Waals surface area contributed by atoms with Crippen LogP contribution >= 0.6 is 0 Å². The zero-order valence-corrected chi connectivity index (χ0v) is 10.7. The third-order valence-corrected chi connectivity index (χ3v) is 3.41. The summed E-state index contributed by atoms with van der Waals surface area (Å²) >= 11 is 0. The van der Waals surface area contributed by atoms with Gasteiger partial charge in [-0.05, 0) is 30.7 Å². The number of hydrogen-bond acceptors (Lipinski definition) is 4. The van der Waals surface area contributed by atoms with E-state index in [9.17, 15) is 5.11 Å². The molecular formula is C15H16N2O2. The zero-order valence-electron chi connectivity index (χ0n) is 10.7. The predicted octanol–water partition coefficient (Wildman–Crippen LogP) is 2.57. The van der Waals surface area contributed by atoms with Crippen molar-refractivity contribution in [1.29, 1.82) is 0 Å². The summed E-state index contributed by atoms with van der Waals surface area (Å²) in [6, 6.07) is 9.59. The van der Waals surface area contributed by atoms with E-state index in [4.69, 9.17) is 4.74 Å². The molecular weight excluding hydrogens is 240 g/mol. The van der Waals surface area contributed by atoms with Crippen molar-refractivity contribution in [2.24, 2.45) is 0 Å². The summed E-state index contributed by atoms with van der Waals surface area (Å²) in [4.78, 5) is 4.13. The largest absolute Gasteiger partial charge is 0.508 e. The van der Waals surface area contributed by atoms with Gasteiger partial charge in [-0.15, -0.1) is 0 Å². The first-order valence-electron chi connectivity index (χ1n) is 6.36. The summed E-state index contributed by atoms with van der Waals surface area (Å²) in [7, 11) is 0. The second-order valence-corrected chi connectivity index (χ2v) is 4.76. The molecule has 0 bridgehead atoms. The number of nitrogens with one attached hydrogen (secondary N) is 1. The molecule has 0 spiro atoms. The van der Waals surface area contributed by atoms with E-state index in [1.54, 1.807) is 18.3 Å². The van der Waals surface area contributed by atoms with Gasteiger partial charge in [0.1, 0.15) is 18.1 Å². The van der Waals surface area contributed by atoms with Crippen molar-refractivity contribution in [1.82, 2.24) is 10.3 Å². The van der Waals surface area contributed by atoms with Gasteiger partial charge >= 0.3 is 0 Å². The molecule has 0 saturated carbocycles. The van der Waals surface area contributed by atoms with E-state index in [1.807, 2.05) is 18.3 Å². The summed E-state index contributed by atoms with van der Waals surface area (Å²) in [6.07, 6.45) is 3.64. The number of phenols is 1. The quantitative estimate of drug-likeness (QED) is 0.886. The van der Waals surface area contributed by atoms with E-state index in [0.717, 1.165) is 16.9 Å². The van der Waals surface area contributed by atoms with Gasteiger partial charge in [-0.25, -0.2) is 0 Å². The molecule has 2 aromatic rings. The van der Waals surface area contributed by atoms with E-state index >= 15 is 0 Å². The minimum atomic E-state index is 0.144. The number of rotatable bonds is 3. The van der Waals surface area contributed by atoms with Gasteiger partial charge in [0.2, 0.25) is 0 Å². The minimum Gasteiger partial charge on any atom is -0.508 e. The number of ether oxygens (including phenoxy) is 1. The van der Waals surface area contributed by atoms with Crippen LogP contribution in [-0.2, 0) is 0 Å². The fraction of sp³-hybridized carbons (Fsp3) is 0.267. The number of fused-ring (bicyclic) bond motifs is 1. The topological polar surface area (TPSA) is 54.4 Å². The van der Waals surface area contributed by atoms with Crippen molar-refractivity contribution >= 4 is 0 Å². The minimum absolute atomic E-state index is 0.144. The van der Waals surface area contributed by atoms with Gasteiger partial charge in [-0.2, -0.15) is 0 Å². The average Bonchev–Trinajstić information content (AvgIpc) is 2.82. The van der Waals surface area contributed by atoms with Crippen molar-refractivity contribution in [2.75, 3.05) is 6.61 Å². The van der Waals surface area contributed by atoms with E-state index < -0.39 is 0 Å². The Balaban J connectivity index is 1.76. The third-order valence-electron chi connectivity index (χ3n) is 3.41.